The first kappa shape index (κ1) is 34.0. The lowest BCUT2D eigenvalue weighted by Crippen LogP contribution is -2.48. The molecule has 2 atom stereocenters. The molecule has 1 fully saturated rings. The van der Waals surface area contributed by atoms with Crippen molar-refractivity contribution in [3.63, 3.8) is 0 Å². The van der Waals surface area contributed by atoms with Crippen LogP contribution in [0.25, 0.3) is 0 Å². The second kappa shape index (κ2) is 15.7. The highest BCUT2D eigenvalue weighted by molar-refractivity contribution is 6.30. The number of benzene rings is 1. The normalized spacial score (nSPS) is 17.0. The number of nitriles is 1. The summed E-state index contributed by atoms with van der Waals surface area (Å²) in [7, 11) is 1.64. The molecule has 1 aliphatic rings. The first-order chi connectivity index (χ1) is 20.0. The molecule has 1 aromatic heterocycles. The van der Waals surface area contributed by atoms with Gasteiger partial charge in [0, 0.05) is 18.1 Å². The van der Waals surface area contributed by atoms with Crippen LogP contribution in [0.15, 0.2) is 53.3 Å². The molecule has 2 unspecified atom stereocenters. The van der Waals surface area contributed by atoms with E-state index in [4.69, 9.17) is 16.3 Å². The van der Waals surface area contributed by atoms with Crippen LogP contribution < -0.4 is 15.5 Å². The van der Waals surface area contributed by atoms with E-state index in [0.717, 1.165) is 5.56 Å². The van der Waals surface area contributed by atoms with E-state index in [9.17, 15) is 19.6 Å². The number of nitrogens with zero attached hydrogens (tertiary/aromatic N) is 4. The number of rotatable bonds is 10. The number of allylic oxidation sites excluding steroid dienone is 2. The summed E-state index contributed by atoms with van der Waals surface area (Å²) in [5, 5.41) is 17.0. The topological polar surface area (TPSA) is 137 Å². The van der Waals surface area contributed by atoms with E-state index in [0.29, 0.717) is 41.3 Å². The van der Waals surface area contributed by atoms with Crippen molar-refractivity contribution in [2.24, 2.45) is 10.5 Å². The molecule has 2 heterocycles. The van der Waals surface area contributed by atoms with Crippen molar-refractivity contribution >= 4 is 35.4 Å². The number of carbonyl (C=O) groups excluding carboxylic acids is 3. The third-order valence-corrected chi connectivity index (χ3v) is 6.92. The second-order valence-corrected chi connectivity index (χ2v) is 10.4. The van der Waals surface area contributed by atoms with Crippen molar-refractivity contribution in [2.45, 2.75) is 66.5 Å². The molecule has 0 aliphatic carbocycles. The number of halogens is 1. The summed E-state index contributed by atoms with van der Waals surface area (Å²) < 4.78 is 5.62. The van der Waals surface area contributed by atoms with Gasteiger partial charge in [-0.2, -0.15) is 10.4 Å². The average molecular weight is 595 g/mol. The Kier molecular flexibility index (Phi) is 12.7. The van der Waals surface area contributed by atoms with Gasteiger partial charge in [0.25, 0.3) is 5.91 Å². The maximum atomic E-state index is 13.5. The number of carbonyl (C=O) groups is 3. The van der Waals surface area contributed by atoms with Crippen molar-refractivity contribution in [1.82, 2.24) is 20.6 Å². The molecule has 11 heteroatoms. The predicted molar refractivity (Wildman–Crippen MR) is 163 cm³/mol. The number of likely N-dealkylation sites (tertiary alicyclic amines) is 1. The summed E-state index contributed by atoms with van der Waals surface area (Å²) in [5.41, 5.74) is 3.72. The minimum Gasteiger partial charge on any atom is -0.452 e. The molecule has 2 amide bonds. The largest absolute Gasteiger partial charge is 0.452 e. The zero-order valence-electron chi connectivity index (χ0n) is 25.2. The minimum atomic E-state index is -0.784. The molecule has 1 aromatic carbocycles. The van der Waals surface area contributed by atoms with Crippen LogP contribution in [0.3, 0.4) is 0 Å². The molecule has 0 radical (unpaired) electrons. The molecule has 2 aromatic rings. The molecular weight excluding hydrogens is 556 g/mol. The number of amides is 2. The number of aryl methyl sites for hydroxylation is 1. The zero-order valence-corrected chi connectivity index (χ0v) is 26.0. The standard InChI is InChI=1S/C29H33ClN6O4.C2H6/c1-18(35-32-5)13-22(16-37)40-25-11-9-23(34-19(25)2)28(39)33-15-27(38)36-24(20-7-6-8-21(30)14-20)10-12-26(36)29(3,4)17-31;1-2/h6-9,11,13-14,16,24,26,32H,10,12,15H2,1-5H3,(H,33,39);1-2H3/b22-13+,35-18-;. The number of hydrazone groups is 1. The molecular formula is C31H39ClN6O4. The van der Waals surface area contributed by atoms with E-state index < -0.39 is 11.3 Å². The molecule has 3 rings (SSSR count). The van der Waals surface area contributed by atoms with Crippen LogP contribution in [0.5, 0.6) is 5.75 Å². The maximum absolute atomic E-state index is 13.5. The molecule has 0 saturated carbocycles. The molecule has 42 heavy (non-hydrogen) atoms. The van der Waals surface area contributed by atoms with E-state index >= 15 is 0 Å². The number of aldehydes is 1. The SMILES string of the molecule is CC.CN/N=C(C)\C=C(/C=O)Oc1ccc(C(=O)NCC(=O)N2C(c3cccc(Cl)c3)CCC2C(C)(C)C#N)nc1C. The number of hydrogen-bond donors (Lipinski definition) is 2. The highest BCUT2D eigenvalue weighted by Gasteiger charge is 2.45. The summed E-state index contributed by atoms with van der Waals surface area (Å²) in [6.45, 7) is 10.7. The van der Waals surface area contributed by atoms with E-state index in [-0.39, 0.29) is 36.0 Å². The van der Waals surface area contributed by atoms with Gasteiger partial charge in [-0.3, -0.25) is 14.4 Å². The quantitative estimate of drug-likeness (QED) is 0.128. The molecule has 10 nitrogen and oxygen atoms in total. The first-order valence-corrected chi connectivity index (χ1v) is 14.2. The number of pyridine rings is 1. The molecule has 1 saturated heterocycles. The first-order valence-electron chi connectivity index (χ1n) is 13.8. The highest BCUT2D eigenvalue weighted by atomic mass is 35.5. The van der Waals surface area contributed by atoms with Gasteiger partial charge in [0.15, 0.2) is 12.0 Å². The molecule has 2 N–H and O–H groups in total. The Labute approximate surface area is 252 Å². The minimum absolute atomic E-state index is 0.0268. The number of nitrogens with one attached hydrogen (secondary N) is 2. The molecule has 0 spiro atoms. The lowest BCUT2D eigenvalue weighted by atomic mass is 9.84. The predicted octanol–water partition coefficient (Wildman–Crippen LogP) is 5.14. The van der Waals surface area contributed by atoms with E-state index in [1.807, 2.05) is 45.9 Å². The Morgan fingerprint density at radius 1 is 1.26 bits per heavy atom. The van der Waals surface area contributed by atoms with Crippen LogP contribution >= 0.6 is 11.6 Å². The second-order valence-electron chi connectivity index (χ2n) is 10.0. The van der Waals surface area contributed by atoms with Crippen LogP contribution in [0.4, 0.5) is 0 Å². The zero-order chi connectivity index (χ0) is 31.4. The monoisotopic (exact) mass is 594 g/mol. The molecule has 0 bridgehead atoms. The Morgan fingerprint density at radius 3 is 2.57 bits per heavy atom. The third kappa shape index (κ3) is 8.63. The van der Waals surface area contributed by atoms with Gasteiger partial charge in [0.1, 0.15) is 11.4 Å². The number of hydrogen-bond acceptors (Lipinski definition) is 8. The van der Waals surface area contributed by atoms with Crippen molar-refractivity contribution in [1.29, 1.82) is 5.26 Å². The van der Waals surface area contributed by atoms with Gasteiger partial charge < -0.3 is 20.4 Å². The third-order valence-electron chi connectivity index (χ3n) is 6.68. The molecule has 224 valence electrons. The smallest absolute Gasteiger partial charge is 0.270 e. The summed E-state index contributed by atoms with van der Waals surface area (Å²) in [6.07, 6.45) is 3.34. The fourth-order valence-electron chi connectivity index (χ4n) is 4.73. The van der Waals surface area contributed by atoms with Crippen LogP contribution in [0, 0.1) is 23.7 Å². The Bertz CT molecular complexity index is 1380. The van der Waals surface area contributed by atoms with Crippen LogP contribution in [0.2, 0.25) is 5.02 Å². The summed E-state index contributed by atoms with van der Waals surface area (Å²) in [6, 6.07) is 12.0. The van der Waals surface area contributed by atoms with E-state index in [1.165, 1.54) is 18.2 Å². The summed E-state index contributed by atoms with van der Waals surface area (Å²) in [5.74, 6) is -0.522. The number of ether oxygens (including phenoxy) is 1. The fourth-order valence-corrected chi connectivity index (χ4v) is 4.93. The lowest BCUT2D eigenvalue weighted by molar-refractivity contribution is -0.134. The van der Waals surface area contributed by atoms with Gasteiger partial charge in [-0.05, 0) is 70.4 Å². The summed E-state index contributed by atoms with van der Waals surface area (Å²) in [4.78, 5) is 43.8. The van der Waals surface area contributed by atoms with E-state index in [2.05, 4.69) is 26.9 Å². The Morgan fingerprint density at radius 2 is 1.98 bits per heavy atom. The van der Waals surface area contributed by atoms with Gasteiger partial charge in [-0.15, -0.1) is 0 Å². The van der Waals surface area contributed by atoms with Gasteiger partial charge in [-0.25, -0.2) is 4.98 Å². The van der Waals surface area contributed by atoms with E-state index in [1.54, 1.807) is 31.9 Å². The Balaban J connectivity index is 0.00000301. The fraction of sp³-hybridized carbons (Fsp3) is 0.419. The maximum Gasteiger partial charge on any atom is 0.270 e. The Hall–Kier alpha value is -4.23. The molecule has 1 aliphatic heterocycles. The van der Waals surface area contributed by atoms with Gasteiger partial charge >= 0.3 is 0 Å². The number of aromatic nitrogens is 1. The van der Waals surface area contributed by atoms with Crippen molar-refractivity contribution in [3.05, 3.63) is 70.2 Å². The average Bonchev–Trinajstić information content (AvgIpc) is 3.44. The van der Waals surface area contributed by atoms with Crippen LogP contribution in [-0.2, 0) is 9.59 Å². The van der Waals surface area contributed by atoms with Crippen molar-refractivity contribution < 1.29 is 19.1 Å². The van der Waals surface area contributed by atoms with Crippen LogP contribution in [-0.4, -0.2) is 53.3 Å². The van der Waals surface area contributed by atoms with Crippen molar-refractivity contribution in [3.8, 4) is 11.8 Å². The van der Waals surface area contributed by atoms with Gasteiger partial charge in [0.05, 0.1) is 41.5 Å². The highest BCUT2D eigenvalue weighted by Crippen LogP contribution is 2.43. The summed E-state index contributed by atoms with van der Waals surface area (Å²) >= 11 is 6.21. The van der Waals surface area contributed by atoms with Gasteiger partial charge in [0.2, 0.25) is 5.91 Å². The van der Waals surface area contributed by atoms with Crippen LogP contribution in [0.1, 0.15) is 75.2 Å². The van der Waals surface area contributed by atoms with Crippen molar-refractivity contribution in [2.75, 3.05) is 13.6 Å². The van der Waals surface area contributed by atoms with Gasteiger partial charge in [-0.1, -0.05) is 37.6 Å². The lowest BCUT2D eigenvalue weighted by Gasteiger charge is -2.36.